The van der Waals surface area contributed by atoms with Crippen molar-refractivity contribution in [3.63, 3.8) is 0 Å². The van der Waals surface area contributed by atoms with Gasteiger partial charge in [-0.2, -0.15) is 10.4 Å². The highest BCUT2D eigenvalue weighted by Gasteiger charge is 2.24. The third-order valence-electron chi connectivity index (χ3n) is 2.84. The molecule has 0 amide bonds. The molecular weight excluding hydrogens is 298 g/mol. The Hall–Kier alpha value is -2.05. The van der Waals surface area contributed by atoms with Gasteiger partial charge in [0.2, 0.25) is 0 Å². The second kappa shape index (κ2) is 4.81. The first-order valence-corrected chi connectivity index (χ1v) is 7.88. The normalized spacial score (nSPS) is 11.3. The molecule has 106 valence electrons. The van der Waals surface area contributed by atoms with Crippen LogP contribution in [0.2, 0.25) is 0 Å². The first-order chi connectivity index (χ1) is 9.26. The minimum atomic E-state index is -3.86. The summed E-state index contributed by atoms with van der Waals surface area (Å²) >= 11 is 1.22. The van der Waals surface area contributed by atoms with Gasteiger partial charge < -0.3 is 5.73 Å². The molecule has 2 rings (SSSR count). The molecule has 2 aromatic heterocycles. The fourth-order valence-corrected chi connectivity index (χ4v) is 4.12. The number of rotatable bonds is 3. The molecule has 0 saturated heterocycles. The quantitative estimate of drug-likeness (QED) is 0.888. The highest BCUT2D eigenvalue weighted by molar-refractivity contribution is 7.93. The molecule has 3 N–H and O–H groups in total. The predicted molar refractivity (Wildman–Crippen MR) is 76.9 cm³/mol. The Labute approximate surface area is 120 Å². The summed E-state index contributed by atoms with van der Waals surface area (Å²) in [5, 5.41) is 13.2. The number of sulfonamides is 1. The van der Waals surface area contributed by atoms with E-state index in [-0.39, 0.29) is 10.7 Å². The number of nitriles is 1. The predicted octanol–water partition coefficient (Wildman–Crippen LogP) is 1.35. The van der Waals surface area contributed by atoms with Gasteiger partial charge in [0.25, 0.3) is 10.0 Å². The Morgan fingerprint density at radius 1 is 1.50 bits per heavy atom. The zero-order valence-corrected chi connectivity index (χ0v) is 12.8. The van der Waals surface area contributed by atoms with E-state index >= 15 is 0 Å². The van der Waals surface area contributed by atoms with E-state index in [1.807, 2.05) is 13.0 Å². The van der Waals surface area contributed by atoms with E-state index in [0.29, 0.717) is 10.6 Å². The van der Waals surface area contributed by atoms with Gasteiger partial charge >= 0.3 is 0 Å². The van der Waals surface area contributed by atoms with Gasteiger partial charge in [0.15, 0.2) is 5.82 Å². The van der Waals surface area contributed by atoms with Gasteiger partial charge in [0, 0.05) is 18.1 Å². The number of nitrogens with one attached hydrogen (secondary N) is 1. The lowest BCUT2D eigenvalue weighted by Crippen LogP contribution is -2.13. The monoisotopic (exact) mass is 311 g/mol. The Morgan fingerprint density at radius 3 is 2.65 bits per heavy atom. The molecule has 0 atom stereocenters. The third kappa shape index (κ3) is 2.35. The second-order valence-electron chi connectivity index (χ2n) is 4.26. The van der Waals surface area contributed by atoms with E-state index in [0.717, 1.165) is 10.4 Å². The SMILES string of the molecule is Cc1sc(NS(=O)(=O)c2cn(C)nc2N)c(C#N)c1C. The Morgan fingerprint density at radius 2 is 2.15 bits per heavy atom. The van der Waals surface area contributed by atoms with Crippen LogP contribution in [0.15, 0.2) is 11.1 Å². The molecule has 20 heavy (non-hydrogen) atoms. The third-order valence-corrected chi connectivity index (χ3v) is 5.45. The van der Waals surface area contributed by atoms with Gasteiger partial charge in [0.1, 0.15) is 16.0 Å². The summed E-state index contributed by atoms with van der Waals surface area (Å²) in [7, 11) is -2.28. The van der Waals surface area contributed by atoms with Gasteiger partial charge in [0.05, 0.1) is 5.56 Å². The van der Waals surface area contributed by atoms with Crippen LogP contribution in [0.5, 0.6) is 0 Å². The van der Waals surface area contributed by atoms with Crippen molar-refractivity contribution in [2.45, 2.75) is 18.7 Å². The van der Waals surface area contributed by atoms with E-state index in [1.165, 1.54) is 22.2 Å². The number of nitrogen functional groups attached to an aromatic ring is 1. The average molecular weight is 311 g/mol. The zero-order chi connectivity index (χ0) is 15.1. The minimum Gasteiger partial charge on any atom is -0.381 e. The number of anilines is 2. The second-order valence-corrected chi connectivity index (χ2v) is 7.13. The molecule has 0 unspecified atom stereocenters. The molecule has 0 aliphatic carbocycles. The Kier molecular flexibility index (Phi) is 3.45. The molecule has 9 heteroatoms. The molecule has 0 saturated carbocycles. The summed E-state index contributed by atoms with van der Waals surface area (Å²) in [6.07, 6.45) is 1.32. The first-order valence-electron chi connectivity index (χ1n) is 5.58. The van der Waals surface area contributed by atoms with Crippen LogP contribution >= 0.6 is 11.3 Å². The molecule has 0 fully saturated rings. The number of aromatic nitrogens is 2. The standard InChI is InChI=1S/C11H13N5O2S2/c1-6-7(2)19-11(8(6)4-12)15-20(17,18)9-5-16(3)14-10(9)13/h5,15H,1-3H3,(H2,13,14). The maximum absolute atomic E-state index is 12.3. The molecule has 0 aliphatic rings. The van der Waals surface area contributed by atoms with E-state index in [1.54, 1.807) is 14.0 Å². The number of hydrogen-bond donors (Lipinski definition) is 2. The summed E-state index contributed by atoms with van der Waals surface area (Å²) < 4.78 is 28.3. The summed E-state index contributed by atoms with van der Waals surface area (Å²) in [6, 6.07) is 2.01. The van der Waals surface area contributed by atoms with E-state index in [4.69, 9.17) is 11.0 Å². The topological polar surface area (TPSA) is 114 Å². The molecule has 0 radical (unpaired) electrons. The van der Waals surface area contributed by atoms with E-state index in [2.05, 4.69) is 9.82 Å². The van der Waals surface area contributed by atoms with Crippen molar-refractivity contribution in [1.82, 2.24) is 9.78 Å². The van der Waals surface area contributed by atoms with Crippen LogP contribution in [-0.2, 0) is 17.1 Å². The highest BCUT2D eigenvalue weighted by Crippen LogP contribution is 2.33. The average Bonchev–Trinajstić information content (AvgIpc) is 2.80. The van der Waals surface area contributed by atoms with Crippen molar-refractivity contribution < 1.29 is 8.42 Å². The molecule has 7 nitrogen and oxygen atoms in total. The van der Waals surface area contributed by atoms with Crippen LogP contribution in [0.1, 0.15) is 16.0 Å². The number of nitrogens with zero attached hydrogens (tertiary/aromatic N) is 3. The number of hydrogen-bond acceptors (Lipinski definition) is 6. The molecule has 0 aliphatic heterocycles. The zero-order valence-electron chi connectivity index (χ0n) is 11.1. The number of nitrogens with two attached hydrogens (primary N) is 1. The van der Waals surface area contributed by atoms with Crippen molar-refractivity contribution in [3.8, 4) is 6.07 Å². The summed E-state index contributed by atoms with van der Waals surface area (Å²) in [5.41, 5.74) is 6.68. The molecule has 0 spiro atoms. The van der Waals surface area contributed by atoms with Crippen LogP contribution in [0.4, 0.5) is 10.8 Å². The van der Waals surface area contributed by atoms with Crippen molar-refractivity contribution in [2.24, 2.45) is 7.05 Å². The summed E-state index contributed by atoms with van der Waals surface area (Å²) in [4.78, 5) is 0.783. The highest BCUT2D eigenvalue weighted by atomic mass is 32.2. The van der Waals surface area contributed by atoms with Gasteiger partial charge in [-0.05, 0) is 19.4 Å². The van der Waals surface area contributed by atoms with Crippen LogP contribution < -0.4 is 10.5 Å². The Balaban J connectivity index is 2.47. The first kappa shape index (κ1) is 14.4. The number of aryl methyl sites for hydroxylation is 2. The van der Waals surface area contributed by atoms with Gasteiger partial charge in [-0.25, -0.2) is 8.42 Å². The molecule has 2 heterocycles. The largest absolute Gasteiger partial charge is 0.381 e. The maximum Gasteiger partial charge on any atom is 0.267 e. The number of thiophene rings is 1. The van der Waals surface area contributed by atoms with Crippen molar-refractivity contribution in [1.29, 1.82) is 5.26 Å². The summed E-state index contributed by atoms with van der Waals surface area (Å²) in [5.74, 6) is -0.0801. The lowest BCUT2D eigenvalue weighted by molar-refractivity contribution is 0.601. The van der Waals surface area contributed by atoms with Crippen molar-refractivity contribution in [2.75, 3.05) is 10.5 Å². The van der Waals surface area contributed by atoms with Crippen LogP contribution in [0, 0.1) is 25.2 Å². The lowest BCUT2D eigenvalue weighted by atomic mass is 10.2. The summed E-state index contributed by atoms with van der Waals surface area (Å²) in [6.45, 7) is 3.61. The van der Waals surface area contributed by atoms with Gasteiger partial charge in [-0.1, -0.05) is 0 Å². The van der Waals surface area contributed by atoms with Crippen molar-refractivity contribution >= 4 is 32.2 Å². The van der Waals surface area contributed by atoms with Crippen LogP contribution in [0.3, 0.4) is 0 Å². The fourth-order valence-electron chi connectivity index (χ4n) is 1.70. The van der Waals surface area contributed by atoms with Crippen LogP contribution in [0.25, 0.3) is 0 Å². The smallest absolute Gasteiger partial charge is 0.267 e. The van der Waals surface area contributed by atoms with Gasteiger partial charge in [-0.3, -0.25) is 9.40 Å². The minimum absolute atomic E-state index is 0.0801. The lowest BCUT2D eigenvalue weighted by Gasteiger charge is -2.04. The van der Waals surface area contributed by atoms with Crippen molar-refractivity contribution in [3.05, 3.63) is 22.2 Å². The van der Waals surface area contributed by atoms with Crippen LogP contribution in [-0.4, -0.2) is 18.2 Å². The molecule has 0 bridgehead atoms. The molecule has 2 aromatic rings. The van der Waals surface area contributed by atoms with Gasteiger partial charge in [-0.15, -0.1) is 11.3 Å². The maximum atomic E-state index is 12.3. The molecular formula is C11H13N5O2S2. The Bertz CT molecular complexity index is 811. The fraction of sp³-hybridized carbons (Fsp3) is 0.273. The molecule has 0 aromatic carbocycles. The van der Waals surface area contributed by atoms with E-state index < -0.39 is 10.0 Å². The van der Waals surface area contributed by atoms with E-state index in [9.17, 15) is 8.42 Å².